The van der Waals surface area contributed by atoms with E-state index in [0.29, 0.717) is 5.03 Å². The van der Waals surface area contributed by atoms with Gasteiger partial charge in [-0.2, -0.15) is 0 Å². The van der Waals surface area contributed by atoms with E-state index in [1.54, 1.807) is 18.4 Å². The van der Waals surface area contributed by atoms with Gasteiger partial charge in [-0.25, -0.2) is 5.84 Å². The number of halogens is 1. The third-order valence-corrected chi connectivity index (χ3v) is 1.29. The number of hydrogen-bond donors (Lipinski definition) is 2. The maximum Gasteiger partial charge on any atom is 0.111 e. The molecule has 0 fully saturated rings. The van der Waals surface area contributed by atoms with Crippen LogP contribution in [0.1, 0.15) is 0 Å². The van der Waals surface area contributed by atoms with Crippen molar-refractivity contribution in [2.24, 2.45) is 11.6 Å². The van der Waals surface area contributed by atoms with E-state index in [1.807, 2.05) is 0 Å². The molecular weight excluding hydrogens is 138 g/mol. The third kappa shape index (κ3) is 1.45. The topological polar surface area (TPSA) is 55.3 Å². The van der Waals surface area contributed by atoms with Crippen LogP contribution in [0.3, 0.4) is 0 Å². The normalized spacial score (nSPS) is 26.3. The summed E-state index contributed by atoms with van der Waals surface area (Å²) in [7, 11) is 0. The minimum absolute atomic E-state index is 0.243. The van der Waals surface area contributed by atoms with E-state index in [1.165, 1.54) is 5.01 Å². The van der Waals surface area contributed by atoms with Crippen LogP contribution in [0.25, 0.3) is 0 Å². The summed E-state index contributed by atoms with van der Waals surface area (Å²) in [6.07, 6.45) is 4.77. The predicted octanol–water partition coefficient (Wildman–Crippen LogP) is 0.0969. The Balaban J connectivity index is 2.70. The van der Waals surface area contributed by atoms with Crippen molar-refractivity contribution in [1.29, 1.82) is 0 Å². The molecule has 0 bridgehead atoms. The molecule has 1 aliphatic rings. The Morgan fingerprint density at radius 3 is 2.78 bits per heavy atom. The number of hydrazine groups is 1. The molecule has 1 rings (SSSR count). The Morgan fingerprint density at radius 1 is 1.67 bits per heavy atom. The lowest BCUT2D eigenvalue weighted by Crippen LogP contribution is -2.42. The lowest BCUT2D eigenvalue weighted by Gasteiger charge is -2.21. The maximum atomic E-state index is 5.57. The highest BCUT2D eigenvalue weighted by Crippen LogP contribution is 2.09. The first-order valence-corrected chi connectivity index (χ1v) is 2.92. The number of allylic oxidation sites excluding steroid dienone is 2. The Morgan fingerprint density at radius 2 is 2.33 bits per heavy atom. The van der Waals surface area contributed by atoms with Crippen molar-refractivity contribution >= 4 is 11.6 Å². The first-order chi connectivity index (χ1) is 4.20. The molecule has 50 valence electrons. The minimum Gasteiger partial charge on any atom is -0.307 e. The van der Waals surface area contributed by atoms with Gasteiger partial charge in [-0.1, -0.05) is 11.6 Å². The highest BCUT2D eigenvalue weighted by molar-refractivity contribution is 6.31. The standard InChI is InChI=1S/C5H8ClN3/c6-4-1-2-5(7)9(8)3-4/h1-3,5H,7-8H2. The Labute approximate surface area is 58.5 Å². The molecule has 0 aromatic rings. The van der Waals surface area contributed by atoms with Gasteiger partial charge in [0, 0.05) is 6.20 Å². The lowest BCUT2D eigenvalue weighted by molar-refractivity contribution is 0.333. The second-order valence-electron chi connectivity index (χ2n) is 1.81. The number of nitrogens with zero attached hydrogens (tertiary/aromatic N) is 1. The summed E-state index contributed by atoms with van der Waals surface area (Å²) in [4.78, 5) is 0. The van der Waals surface area contributed by atoms with Crippen LogP contribution in [-0.2, 0) is 0 Å². The molecule has 0 saturated carbocycles. The van der Waals surface area contributed by atoms with Gasteiger partial charge in [-0.05, 0) is 12.2 Å². The fourth-order valence-electron chi connectivity index (χ4n) is 0.561. The van der Waals surface area contributed by atoms with E-state index in [2.05, 4.69) is 0 Å². The summed E-state index contributed by atoms with van der Waals surface area (Å²) >= 11 is 5.57. The van der Waals surface area contributed by atoms with E-state index >= 15 is 0 Å². The van der Waals surface area contributed by atoms with E-state index in [0.717, 1.165) is 0 Å². The molecule has 9 heavy (non-hydrogen) atoms. The summed E-state index contributed by atoms with van der Waals surface area (Å²) in [6.45, 7) is 0. The van der Waals surface area contributed by atoms with E-state index < -0.39 is 0 Å². The summed E-state index contributed by atoms with van der Waals surface area (Å²) in [5.74, 6) is 5.36. The molecule has 0 radical (unpaired) electrons. The van der Waals surface area contributed by atoms with Gasteiger partial charge in [0.1, 0.15) is 6.17 Å². The van der Waals surface area contributed by atoms with Gasteiger partial charge < -0.3 is 5.73 Å². The third-order valence-electron chi connectivity index (χ3n) is 1.07. The van der Waals surface area contributed by atoms with Gasteiger partial charge >= 0.3 is 0 Å². The molecule has 0 aromatic heterocycles. The van der Waals surface area contributed by atoms with Gasteiger partial charge in [0.25, 0.3) is 0 Å². The molecular formula is C5H8ClN3. The van der Waals surface area contributed by atoms with Crippen LogP contribution < -0.4 is 11.6 Å². The molecule has 4 heteroatoms. The summed E-state index contributed by atoms with van der Waals surface area (Å²) in [5.41, 5.74) is 5.45. The average Bonchev–Trinajstić information content (AvgIpc) is 1.80. The molecule has 0 amide bonds. The SMILES string of the molecule is NC1C=CC(Cl)=CN1N. The van der Waals surface area contributed by atoms with E-state index in [9.17, 15) is 0 Å². The average molecular weight is 146 g/mol. The second-order valence-corrected chi connectivity index (χ2v) is 2.25. The van der Waals surface area contributed by atoms with Crippen molar-refractivity contribution in [1.82, 2.24) is 5.01 Å². The Hall–Kier alpha value is -0.510. The fraction of sp³-hybridized carbons (Fsp3) is 0.200. The van der Waals surface area contributed by atoms with Crippen molar-refractivity contribution < 1.29 is 0 Å². The molecule has 0 saturated heterocycles. The molecule has 0 aliphatic carbocycles. The smallest absolute Gasteiger partial charge is 0.111 e. The van der Waals surface area contributed by atoms with Crippen molar-refractivity contribution in [3.05, 3.63) is 23.4 Å². The summed E-state index contributed by atoms with van der Waals surface area (Å²) in [6, 6.07) is 0. The summed E-state index contributed by atoms with van der Waals surface area (Å²) in [5, 5.41) is 1.95. The van der Waals surface area contributed by atoms with Gasteiger partial charge in [0.15, 0.2) is 0 Å². The molecule has 1 unspecified atom stereocenters. The molecule has 0 aromatic carbocycles. The van der Waals surface area contributed by atoms with Gasteiger partial charge in [0.2, 0.25) is 0 Å². The second kappa shape index (κ2) is 2.39. The molecule has 1 atom stereocenters. The highest BCUT2D eigenvalue weighted by atomic mass is 35.5. The minimum atomic E-state index is -0.243. The monoisotopic (exact) mass is 145 g/mol. The largest absolute Gasteiger partial charge is 0.307 e. The van der Waals surface area contributed by atoms with Crippen molar-refractivity contribution in [2.45, 2.75) is 6.17 Å². The fourth-order valence-corrected chi connectivity index (χ4v) is 0.747. The number of nitrogens with two attached hydrogens (primary N) is 2. The van der Waals surface area contributed by atoms with Crippen LogP contribution in [-0.4, -0.2) is 11.2 Å². The molecule has 1 heterocycles. The van der Waals surface area contributed by atoms with Crippen LogP contribution in [0.15, 0.2) is 23.4 Å². The highest BCUT2D eigenvalue weighted by Gasteiger charge is 2.06. The summed E-state index contributed by atoms with van der Waals surface area (Å²) < 4.78 is 0. The van der Waals surface area contributed by atoms with Gasteiger partial charge in [-0.3, -0.25) is 5.01 Å². The van der Waals surface area contributed by atoms with Crippen molar-refractivity contribution in [3.8, 4) is 0 Å². The van der Waals surface area contributed by atoms with Crippen LogP contribution in [0, 0.1) is 0 Å². The van der Waals surface area contributed by atoms with Crippen LogP contribution >= 0.6 is 11.6 Å². The van der Waals surface area contributed by atoms with Crippen LogP contribution in [0.4, 0.5) is 0 Å². The Bertz CT molecular complexity index is 164. The van der Waals surface area contributed by atoms with Gasteiger partial charge in [0.05, 0.1) is 5.03 Å². The maximum absolute atomic E-state index is 5.57. The molecule has 0 spiro atoms. The van der Waals surface area contributed by atoms with Crippen molar-refractivity contribution in [3.63, 3.8) is 0 Å². The van der Waals surface area contributed by atoms with E-state index in [4.69, 9.17) is 23.2 Å². The Kier molecular flexibility index (Phi) is 1.75. The zero-order valence-corrected chi connectivity index (χ0v) is 5.55. The molecule has 3 nitrogen and oxygen atoms in total. The molecule has 1 aliphatic heterocycles. The number of rotatable bonds is 0. The van der Waals surface area contributed by atoms with Crippen molar-refractivity contribution in [2.75, 3.05) is 0 Å². The first kappa shape index (κ1) is 6.61. The number of hydrogen-bond acceptors (Lipinski definition) is 3. The zero-order valence-electron chi connectivity index (χ0n) is 4.79. The van der Waals surface area contributed by atoms with E-state index in [-0.39, 0.29) is 6.17 Å². The molecule has 4 N–H and O–H groups in total. The quantitative estimate of drug-likeness (QED) is 0.476. The first-order valence-electron chi connectivity index (χ1n) is 2.54. The predicted molar refractivity (Wildman–Crippen MR) is 37.1 cm³/mol. The van der Waals surface area contributed by atoms with Crippen LogP contribution in [0.2, 0.25) is 0 Å². The van der Waals surface area contributed by atoms with Gasteiger partial charge in [-0.15, -0.1) is 0 Å². The zero-order chi connectivity index (χ0) is 6.85. The lowest BCUT2D eigenvalue weighted by atomic mass is 10.3. The van der Waals surface area contributed by atoms with Crippen LogP contribution in [0.5, 0.6) is 0 Å².